The molecule has 1 saturated carbocycles. The Hall–Kier alpha value is -0.0800. The average molecular weight is 255 g/mol. The fourth-order valence-corrected chi connectivity index (χ4v) is 3.08. The Morgan fingerprint density at radius 1 is 1.00 bits per heavy atom. The molecule has 0 bridgehead atoms. The summed E-state index contributed by atoms with van der Waals surface area (Å²) < 4.78 is 5.77. The number of hydrogen-bond acceptors (Lipinski definition) is 2. The Morgan fingerprint density at radius 3 is 2.56 bits per heavy atom. The van der Waals surface area contributed by atoms with Crippen LogP contribution in [0.25, 0.3) is 0 Å². The van der Waals surface area contributed by atoms with Gasteiger partial charge in [-0.05, 0) is 38.6 Å². The van der Waals surface area contributed by atoms with E-state index in [0.717, 1.165) is 25.2 Å². The molecule has 0 aliphatic heterocycles. The van der Waals surface area contributed by atoms with Gasteiger partial charge in [0.25, 0.3) is 0 Å². The second-order valence-corrected chi connectivity index (χ2v) is 5.75. The summed E-state index contributed by atoms with van der Waals surface area (Å²) in [5.41, 5.74) is 0. The van der Waals surface area contributed by atoms with Gasteiger partial charge < -0.3 is 10.1 Å². The van der Waals surface area contributed by atoms with Crippen molar-refractivity contribution in [3.05, 3.63) is 0 Å². The van der Waals surface area contributed by atoms with Crippen LogP contribution in [-0.4, -0.2) is 26.3 Å². The number of rotatable bonds is 11. The first-order chi connectivity index (χ1) is 8.88. The maximum Gasteiger partial charge on any atom is 0.0469 e. The first-order valence-electron chi connectivity index (χ1n) is 8.13. The molecule has 0 heterocycles. The monoisotopic (exact) mass is 255 g/mol. The molecular formula is C16H33NO. The van der Waals surface area contributed by atoms with E-state index >= 15 is 0 Å². The Labute approximate surface area is 114 Å². The molecule has 0 aromatic heterocycles. The van der Waals surface area contributed by atoms with Gasteiger partial charge in [0, 0.05) is 19.3 Å². The van der Waals surface area contributed by atoms with Crippen molar-refractivity contribution in [3.8, 4) is 0 Å². The fourth-order valence-electron chi connectivity index (χ4n) is 3.08. The molecule has 18 heavy (non-hydrogen) atoms. The van der Waals surface area contributed by atoms with Crippen LogP contribution in [0.2, 0.25) is 0 Å². The van der Waals surface area contributed by atoms with Crippen LogP contribution >= 0.6 is 0 Å². The van der Waals surface area contributed by atoms with E-state index in [4.69, 9.17) is 4.74 Å². The highest BCUT2D eigenvalue weighted by atomic mass is 16.5. The molecule has 0 aromatic rings. The third-order valence-corrected chi connectivity index (χ3v) is 4.31. The Bertz CT molecular complexity index is 184. The van der Waals surface area contributed by atoms with Crippen LogP contribution < -0.4 is 5.32 Å². The lowest BCUT2D eigenvalue weighted by Crippen LogP contribution is -2.29. The summed E-state index contributed by atoms with van der Waals surface area (Å²) in [6, 6.07) is 0.752. The van der Waals surface area contributed by atoms with Crippen molar-refractivity contribution < 1.29 is 4.74 Å². The van der Waals surface area contributed by atoms with Crippen LogP contribution in [0.4, 0.5) is 0 Å². The first-order valence-corrected chi connectivity index (χ1v) is 8.13. The molecular weight excluding hydrogens is 222 g/mol. The first kappa shape index (κ1) is 16.0. The summed E-state index contributed by atoms with van der Waals surface area (Å²) in [4.78, 5) is 0. The van der Waals surface area contributed by atoms with Crippen LogP contribution in [0.3, 0.4) is 0 Å². The molecule has 1 aliphatic carbocycles. The van der Waals surface area contributed by atoms with Crippen molar-refractivity contribution in [2.75, 3.05) is 20.3 Å². The minimum atomic E-state index is 0.752. The van der Waals surface area contributed by atoms with E-state index in [2.05, 4.69) is 19.3 Å². The van der Waals surface area contributed by atoms with Crippen LogP contribution in [0.1, 0.15) is 71.1 Å². The van der Waals surface area contributed by atoms with E-state index < -0.39 is 0 Å². The number of unbranched alkanes of at least 4 members (excludes halogenated alkanes) is 5. The molecule has 0 saturated heterocycles. The van der Waals surface area contributed by atoms with E-state index in [1.54, 1.807) is 0 Å². The lowest BCUT2D eigenvalue weighted by atomic mass is 10.0. The third kappa shape index (κ3) is 6.75. The molecule has 0 spiro atoms. The zero-order valence-electron chi connectivity index (χ0n) is 12.5. The molecule has 1 fully saturated rings. The van der Waals surface area contributed by atoms with Crippen molar-refractivity contribution in [1.82, 2.24) is 5.32 Å². The summed E-state index contributed by atoms with van der Waals surface area (Å²) in [7, 11) is 2.10. The van der Waals surface area contributed by atoms with Crippen molar-refractivity contribution in [3.63, 3.8) is 0 Å². The molecule has 0 amide bonds. The van der Waals surface area contributed by atoms with Gasteiger partial charge in [0.15, 0.2) is 0 Å². The highest BCUT2D eigenvalue weighted by Crippen LogP contribution is 2.27. The summed E-state index contributed by atoms with van der Waals surface area (Å²) in [5, 5.41) is 3.44. The molecule has 1 aliphatic rings. The topological polar surface area (TPSA) is 21.3 Å². The van der Waals surface area contributed by atoms with Gasteiger partial charge in [-0.3, -0.25) is 0 Å². The smallest absolute Gasteiger partial charge is 0.0469 e. The Kier molecular flexibility index (Phi) is 9.59. The largest absolute Gasteiger partial charge is 0.381 e. The van der Waals surface area contributed by atoms with Crippen molar-refractivity contribution in [2.24, 2.45) is 5.92 Å². The summed E-state index contributed by atoms with van der Waals surface area (Å²) in [5.74, 6) is 0.861. The van der Waals surface area contributed by atoms with E-state index in [9.17, 15) is 0 Å². The highest BCUT2D eigenvalue weighted by molar-refractivity contribution is 4.81. The number of ether oxygens (including phenoxy) is 1. The zero-order valence-corrected chi connectivity index (χ0v) is 12.5. The molecule has 1 rings (SSSR count). The molecule has 2 unspecified atom stereocenters. The van der Waals surface area contributed by atoms with Gasteiger partial charge in [-0.1, -0.05) is 45.4 Å². The van der Waals surface area contributed by atoms with Gasteiger partial charge in [0.2, 0.25) is 0 Å². The van der Waals surface area contributed by atoms with Crippen LogP contribution in [-0.2, 0) is 4.74 Å². The quantitative estimate of drug-likeness (QED) is 0.560. The maximum atomic E-state index is 5.77. The van der Waals surface area contributed by atoms with Gasteiger partial charge in [0.05, 0.1) is 0 Å². The van der Waals surface area contributed by atoms with Gasteiger partial charge in [-0.15, -0.1) is 0 Å². The predicted molar refractivity (Wildman–Crippen MR) is 79.0 cm³/mol. The predicted octanol–water partition coefficient (Wildman–Crippen LogP) is 4.14. The molecule has 1 N–H and O–H groups in total. The van der Waals surface area contributed by atoms with Crippen molar-refractivity contribution in [2.45, 2.75) is 77.2 Å². The van der Waals surface area contributed by atoms with E-state index in [-0.39, 0.29) is 0 Å². The molecule has 0 aromatic carbocycles. The number of hydrogen-bond donors (Lipinski definition) is 1. The second-order valence-electron chi connectivity index (χ2n) is 5.75. The van der Waals surface area contributed by atoms with Gasteiger partial charge in [-0.2, -0.15) is 0 Å². The normalized spacial score (nSPS) is 23.7. The van der Waals surface area contributed by atoms with Crippen LogP contribution in [0.5, 0.6) is 0 Å². The summed E-state index contributed by atoms with van der Waals surface area (Å²) in [6.45, 7) is 4.21. The van der Waals surface area contributed by atoms with E-state index in [1.807, 2.05) is 0 Å². The van der Waals surface area contributed by atoms with Crippen LogP contribution in [0, 0.1) is 5.92 Å². The second kappa shape index (κ2) is 10.8. The minimum Gasteiger partial charge on any atom is -0.381 e. The Balaban J connectivity index is 1.83. The molecule has 2 atom stereocenters. The van der Waals surface area contributed by atoms with E-state index in [0.29, 0.717) is 0 Å². The fraction of sp³-hybridized carbons (Fsp3) is 1.00. The molecule has 2 heteroatoms. The highest BCUT2D eigenvalue weighted by Gasteiger charge is 2.24. The lowest BCUT2D eigenvalue weighted by Gasteiger charge is -2.18. The maximum absolute atomic E-state index is 5.77. The number of nitrogens with one attached hydrogen (secondary N) is 1. The molecule has 108 valence electrons. The standard InChI is InChI=1S/C16H33NO/c1-3-4-5-6-7-8-13-18-14-12-15-10-9-11-16(15)17-2/h15-17H,3-14H2,1-2H3. The zero-order chi connectivity index (χ0) is 13.1. The molecule has 2 nitrogen and oxygen atoms in total. The van der Waals surface area contributed by atoms with Gasteiger partial charge >= 0.3 is 0 Å². The summed E-state index contributed by atoms with van der Waals surface area (Å²) >= 11 is 0. The minimum absolute atomic E-state index is 0.752. The molecule has 0 radical (unpaired) electrons. The average Bonchev–Trinajstić information content (AvgIpc) is 2.84. The SMILES string of the molecule is CCCCCCCCOCCC1CCCC1NC. The van der Waals surface area contributed by atoms with E-state index in [1.165, 1.54) is 64.2 Å². The van der Waals surface area contributed by atoms with Gasteiger partial charge in [0.1, 0.15) is 0 Å². The van der Waals surface area contributed by atoms with Gasteiger partial charge in [-0.25, -0.2) is 0 Å². The lowest BCUT2D eigenvalue weighted by molar-refractivity contribution is 0.113. The van der Waals surface area contributed by atoms with Crippen molar-refractivity contribution in [1.29, 1.82) is 0 Å². The Morgan fingerprint density at radius 2 is 1.78 bits per heavy atom. The third-order valence-electron chi connectivity index (χ3n) is 4.31. The summed E-state index contributed by atoms with van der Waals surface area (Å²) in [6.07, 6.45) is 13.5. The van der Waals surface area contributed by atoms with Crippen LogP contribution in [0.15, 0.2) is 0 Å². The van der Waals surface area contributed by atoms with Crippen molar-refractivity contribution >= 4 is 0 Å².